The number of carbonyl (C=O) groups excluding carboxylic acids is 1. The van der Waals surface area contributed by atoms with Crippen molar-refractivity contribution in [1.82, 2.24) is 4.98 Å². The second-order valence-corrected chi connectivity index (χ2v) is 6.14. The van der Waals surface area contributed by atoms with Gasteiger partial charge in [-0.2, -0.15) is 0 Å². The highest BCUT2D eigenvalue weighted by Gasteiger charge is 2.19. The van der Waals surface area contributed by atoms with Crippen LogP contribution in [0.25, 0.3) is 10.2 Å². The highest BCUT2D eigenvalue weighted by molar-refractivity contribution is 9.10. The topological polar surface area (TPSA) is 42.0 Å². The lowest BCUT2D eigenvalue weighted by atomic mass is 10.1. The fourth-order valence-corrected chi connectivity index (χ4v) is 2.39. The van der Waals surface area contributed by atoms with E-state index in [1.807, 2.05) is 38.1 Å². The number of nitrogens with one attached hydrogen (secondary N) is 1. The number of aromatic nitrogens is 1. The zero-order valence-electron chi connectivity index (χ0n) is 9.61. The quantitative estimate of drug-likeness (QED) is 0.879. The Hall–Kier alpha value is -0.940. The summed E-state index contributed by atoms with van der Waals surface area (Å²) in [5.74, 6) is 0.212. The van der Waals surface area contributed by atoms with Crippen molar-refractivity contribution in [1.29, 1.82) is 0 Å². The minimum atomic E-state index is -0.186. The van der Waals surface area contributed by atoms with Crippen LogP contribution in [0, 0.1) is 5.92 Å². The van der Waals surface area contributed by atoms with Gasteiger partial charge in [0.15, 0.2) is 5.13 Å². The molecule has 1 aromatic carbocycles. The van der Waals surface area contributed by atoms with Crippen LogP contribution >= 0.6 is 27.3 Å². The Morgan fingerprint density at radius 3 is 2.76 bits per heavy atom. The molecule has 0 bridgehead atoms. The van der Waals surface area contributed by atoms with E-state index in [0.717, 1.165) is 10.2 Å². The molecule has 2 aromatic rings. The average molecular weight is 313 g/mol. The Labute approximate surface area is 112 Å². The fourth-order valence-electron chi connectivity index (χ4n) is 1.40. The van der Waals surface area contributed by atoms with Gasteiger partial charge >= 0.3 is 0 Å². The van der Waals surface area contributed by atoms with Crippen LogP contribution in [-0.4, -0.2) is 15.7 Å². The Morgan fingerprint density at radius 2 is 2.12 bits per heavy atom. The fraction of sp³-hybridized carbons (Fsp3) is 0.333. The first-order valence-electron chi connectivity index (χ1n) is 5.38. The van der Waals surface area contributed by atoms with Crippen LogP contribution in [-0.2, 0) is 4.79 Å². The number of para-hydroxylation sites is 1. The summed E-state index contributed by atoms with van der Waals surface area (Å²) in [6, 6.07) is 7.84. The lowest BCUT2D eigenvalue weighted by Gasteiger charge is -2.11. The van der Waals surface area contributed by atoms with Gasteiger partial charge in [0.2, 0.25) is 5.91 Å². The highest BCUT2D eigenvalue weighted by Crippen LogP contribution is 2.26. The van der Waals surface area contributed by atoms with E-state index in [2.05, 4.69) is 26.2 Å². The van der Waals surface area contributed by atoms with Crippen LogP contribution < -0.4 is 5.32 Å². The van der Waals surface area contributed by atoms with Gasteiger partial charge in [0.25, 0.3) is 0 Å². The normalized spacial score (nSPS) is 12.9. The Kier molecular flexibility index (Phi) is 3.79. The SMILES string of the molecule is CC(C)[C@H](Br)C(=O)Nc1nc2ccccc2s1. The van der Waals surface area contributed by atoms with E-state index in [9.17, 15) is 4.79 Å². The molecule has 2 rings (SSSR count). The first-order valence-corrected chi connectivity index (χ1v) is 7.11. The number of nitrogens with zero attached hydrogens (tertiary/aromatic N) is 1. The average Bonchev–Trinajstić information content (AvgIpc) is 2.69. The summed E-state index contributed by atoms with van der Waals surface area (Å²) in [5.41, 5.74) is 0.920. The van der Waals surface area contributed by atoms with Crippen molar-refractivity contribution in [2.75, 3.05) is 5.32 Å². The van der Waals surface area contributed by atoms with Gasteiger partial charge in [-0.25, -0.2) is 4.98 Å². The molecule has 0 aliphatic carbocycles. The number of carbonyl (C=O) groups is 1. The molecule has 0 aliphatic rings. The van der Waals surface area contributed by atoms with Crippen LogP contribution in [0.1, 0.15) is 13.8 Å². The molecular weight excluding hydrogens is 300 g/mol. The molecule has 1 amide bonds. The van der Waals surface area contributed by atoms with Crippen molar-refractivity contribution in [2.24, 2.45) is 5.92 Å². The van der Waals surface area contributed by atoms with Crippen molar-refractivity contribution < 1.29 is 4.79 Å². The van der Waals surface area contributed by atoms with Crippen LogP contribution in [0.2, 0.25) is 0 Å². The molecule has 0 spiro atoms. The maximum absolute atomic E-state index is 11.8. The zero-order chi connectivity index (χ0) is 12.4. The second kappa shape index (κ2) is 5.14. The van der Waals surface area contributed by atoms with E-state index in [4.69, 9.17) is 0 Å². The highest BCUT2D eigenvalue weighted by atomic mass is 79.9. The van der Waals surface area contributed by atoms with Crippen molar-refractivity contribution in [2.45, 2.75) is 18.7 Å². The number of rotatable bonds is 3. The number of halogens is 1. The molecule has 1 atom stereocenters. The van der Waals surface area contributed by atoms with Gasteiger partial charge < -0.3 is 5.32 Å². The summed E-state index contributed by atoms with van der Waals surface area (Å²) in [6.45, 7) is 3.99. The van der Waals surface area contributed by atoms with Crippen molar-refractivity contribution >= 4 is 48.5 Å². The largest absolute Gasteiger partial charge is 0.301 e. The maximum atomic E-state index is 11.8. The third-order valence-electron chi connectivity index (χ3n) is 2.36. The predicted molar refractivity (Wildman–Crippen MR) is 75.8 cm³/mol. The molecule has 0 unspecified atom stereocenters. The Balaban J connectivity index is 2.16. The first-order chi connectivity index (χ1) is 8.08. The number of benzene rings is 1. The standard InChI is InChI=1S/C12H13BrN2OS/c1-7(2)10(13)11(16)15-12-14-8-5-3-4-6-9(8)17-12/h3-7,10H,1-2H3,(H,14,15,16)/t10-/m0/s1. The Bertz CT molecular complexity index is 505. The van der Waals surface area contributed by atoms with Gasteiger partial charge in [0.1, 0.15) is 0 Å². The van der Waals surface area contributed by atoms with E-state index in [1.54, 1.807) is 0 Å². The first kappa shape index (κ1) is 12.5. The smallest absolute Gasteiger partial charge is 0.240 e. The molecule has 5 heteroatoms. The van der Waals surface area contributed by atoms with Gasteiger partial charge in [-0.1, -0.05) is 53.2 Å². The van der Waals surface area contributed by atoms with Gasteiger partial charge in [0, 0.05) is 0 Å². The van der Waals surface area contributed by atoms with Crippen molar-refractivity contribution in [3.8, 4) is 0 Å². The predicted octanol–water partition coefficient (Wildman–Crippen LogP) is 3.65. The molecule has 17 heavy (non-hydrogen) atoms. The molecule has 1 heterocycles. The third-order valence-corrected chi connectivity index (χ3v) is 4.78. The summed E-state index contributed by atoms with van der Waals surface area (Å²) in [7, 11) is 0. The van der Waals surface area contributed by atoms with Crippen LogP contribution in [0.15, 0.2) is 24.3 Å². The van der Waals surface area contributed by atoms with E-state index >= 15 is 0 Å². The monoisotopic (exact) mass is 312 g/mol. The van der Waals surface area contributed by atoms with E-state index in [1.165, 1.54) is 11.3 Å². The van der Waals surface area contributed by atoms with Gasteiger partial charge in [-0.05, 0) is 18.1 Å². The lowest BCUT2D eigenvalue weighted by molar-refractivity contribution is -0.116. The van der Waals surface area contributed by atoms with E-state index in [-0.39, 0.29) is 16.7 Å². The molecule has 3 nitrogen and oxygen atoms in total. The zero-order valence-corrected chi connectivity index (χ0v) is 12.0. The summed E-state index contributed by atoms with van der Waals surface area (Å²) >= 11 is 4.86. The van der Waals surface area contributed by atoms with Gasteiger partial charge in [-0.3, -0.25) is 4.79 Å². The molecule has 0 aliphatic heterocycles. The number of anilines is 1. The Morgan fingerprint density at radius 1 is 1.41 bits per heavy atom. The molecule has 0 saturated carbocycles. The molecular formula is C12H13BrN2OS. The van der Waals surface area contributed by atoms with Gasteiger partial charge in [0.05, 0.1) is 15.0 Å². The minimum absolute atomic E-state index is 0.0425. The number of hydrogen-bond acceptors (Lipinski definition) is 3. The molecule has 0 saturated heterocycles. The summed E-state index contributed by atoms with van der Waals surface area (Å²) in [5, 5.41) is 3.49. The summed E-state index contributed by atoms with van der Waals surface area (Å²) in [4.78, 5) is 16.0. The lowest BCUT2D eigenvalue weighted by Crippen LogP contribution is -2.26. The number of fused-ring (bicyclic) bond motifs is 1. The summed E-state index contributed by atoms with van der Waals surface area (Å²) < 4.78 is 1.08. The second-order valence-electron chi connectivity index (χ2n) is 4.12. The molecule has 0 radical (unpaired) electrons. The van der Waals surface area contributed by atoms with Crippen LogP contribution in [0.5, 0.6) is 0 Å². The third kappa shape index (κ3) is 2.84. The molecule has 90 valence electrons. The van der Waals surface area contributed by atoms with E-state index in [0.29, 0.717) is 5.13 Å². The minimum Gasteiger partial charge on any atom is -0.301 e. The van der Waals surface area contributed by atoms with Crippen molar-refractivity contribution in [3.63, 3.8) is 0 Å². The van der Waals surface area contributed by atoms with Crippen LogP contribution in [0.3, 0.4) is 0 Å². The number of hydrogen-bond donors (Lipinski definition) is 1. The number of alkyl halides is 1. The molecule has 1 N–H and O–H groups in total. The molecule has 0 fully saturated rings. The van der Waals surface area contributed by atoms with Crippen molar-refractivity contribution in [3.05, 3.63) is 24.3 Å². The van der Waals surface area contributed by atoms with Crippen LogP contribution in [0.4, 0.5) is 5.13 Å². The number of thiazole rings is 1. The summed E-state index contributed by atoms with van der Waals surface area (Å²) in [6.07, 6.45) is 0. The van der Waals surface area contributed by atoms with Gasteiger partial charge in [-0.15, -0.1) is 0 Å². The van der Waals surface area contributed by atoms with E-state index < -0.39 is 0 Å². The number of amides is 1. The molecule has 1 aromatic heterocycles. The maximum Gasteiger partial charge on any atom is 0.240 e.